The van der Waals surface area contributed by atoms with Crippen molar-refractivity contribution in [1.29, 1.82) is 0 Å². The highest BCUT2D eigenvalue weighted by atomic mass is 15.1. The third-order valence-electron chi connectivity index (χ3n) is 1.81. The first-order chi connectivity index (χ1) is 4.26. The minimum absolute atomic E-state index is 0.683. The summed E-state index contributed by atoms with van der Waals surface area (Å²) in [5.74, 6) is 0. The number of hydrogen-bond donors (Lipinski definition) is 0. The standard InChI is InChI=1S/C8H17N/c1-5-8(6-2)9(4)7-3/h7-8H,3,5-6H2,1-2,4H3. The van der Waals surface area contributed by atoms with Crippen molar-refractivity contribution in [2.75, 3.05) is 7.05 Å². The molecule has 0 unspecified atom stereocenters. The Bertz CT molecular complexity index is 74.6. The molecular weight excluding hydrogens is 110 g/mol. The summed E-state index contributed by atoms with van der Waals surface area (Å²) in [5, 5.41) is 0. The normalized spacial score (nSPS) is 9.78. The van der Waals surface area contributed by atoms with Gasteiger partial charge < -0.3 is 4.90 Å². The van der Waals surface area contributed by atoms with Crippen LogP contribution in [0.5, 0.6) is 0 Å². The van der Waals surface area contributed by atoms with Gasteiger partial charge in [-0.2, -0.15) is 0 Å². The molecule has 0 saturated carbocycles. The average molecular weight is 127 g/mol. The smallest absolute Gasteiger partial charge is 0.0275 e. The average Bonchev–Trinajstić information content (AvgIpc) is 1.90. The molecule has 0 amide bonds. The fraction of sp³-hybridized carbons (Fsp3) is 0.750. The van der Waals surface area contributed by atoms with Crippen LogP contribution in [0, 0.1) is 0 Å². The van der Waals surface area contributed by atoms with Gasteiger partial charge in [0.15, 0.2) is 0 Å². The third-order valence-corrected chi connectivity index (χ3v) is 1.81. The predicted octanol–water partition coefficient (Wildman–Crippen LogP) is 2.25. The molecule has 0 aliphatic heterocycles. The summed E-state index contributed by atoms with van der Waals surface area (Å²) in [7, 11) is 2.07. The monoisotopic (exact) mass is 127 g/mol. The van der Waals surface area contributed by atoms with Gasteiger partial charge in [0.05, 0.1) is 0 Å². The summed E-state index contributed by atoms with van der Waals surface area (Å²) < 4.78 is 0. The molecule has 0 atom stereocenters. The number of nitrogens with zero attached hydrogens (tertiary/aromatic N) is 1. The van der Waals surface area contributed by atoms with E-state index in [-0.39, 0.29) is 0 Å². The molecule has 0 aliphatic carbocycles. The van der Waals surface area contributed by atoms with Gasteiger partial charge in [-0.15, -0.1) is 0 Å². The van der Waals surface area contributed by atoms with Crippen LogP contribution in [-0.4, -0.2) is 18.0 Å². The van der Waals surface area contributed by atoms with Crippen LogP contribution in [0.15, 0.2) is 12.8 Å². The second-order valence-corrected chi connectivity index (χ2v) is 2.32. The Morgan fingerprint density at radius 3 is 2.00 bits per heavy atom. The van der Waals surface area contributed by atoms with Gasteiger partial charge in [-0.3, -0.25) is 0 Å². The Morgan fingerprint density at radius 2 is 1.89 bits per heavy atom. The molecule has 0 heterocycles. The summed E-state index contributed by atoms with van der Waals surface area (Å²) in [6.07, 6.45) is 4.30. The van der Waals surface area contributed by atoms with Crippen LogP contribution in [0.2, 0.25) is 0 Å². The Labute approximate surface area is 58.4 Å². The molecule has 0 bridgehead atoms. The van der Waals surface area contributed by atoms with E-state index in [0.29, 0.717) is 6.04 Å². The Hall–Kier alpha value is -0.460. The van der Waals surface area contributed by atoms with Crippen molar-refractivity contribution in [2.45, 2.75) is 32.7 Å². The fourth-order valence-electron chi connectivity index (χ4n) is 1.01. The van der Waals surface area contributed by atoms with Gasteiger partial charge >= 0.3 is 0 Å². The van der Waals surface area contributed by atoms with E-state index in [2.05, 4.69) is 32.4 Å². The highest BCUT2D eigenvalue weighted by Crippen LogP contribution is 2.04. The molecule has 0 aromatic heterocycles. The molecule has 0 rings (SSSR count). The predicted molar refractivity (Wildman–Crippen MR) is 42.3 cm³/mol. The van der Waals surface area contributed by atoms with Crippen molar-refractivity contribution in [3.63, 3.8) is 0 Å². The van der Waals surface area contributed by atoms with Gasteiger partial charge in [-0.25, -0.2) is 0 Å². The lowest BCUT2D eigenvalue weighted by Gasteiger charge is -2.23. The summed E-state index contributed by atoms with van der Waals surface area (Å²) in [6, 6.07) is 0.683. The first-order valence-corrected chi connectivity index (χ1v) is 3.60. The maximum Gasteiger partial charge on any atom is 0.0275 e. The molecule has 0 aromatic carbocycles. The highest BCUT2D eigenvalue weighted by molar-refractivity contribution is 4.73. The molecular formula is C8H17N. The third kappa shape index (κ3) is 2.54. The van der Waals surface area contributed by atoms with E-state index in [4.69, 9.17) is 0 Å². The van der Waals surface area contributed by atoms with E-state index in [0.717, 1.165) is 0 Å². The Kier molecular flexibility index (Phi) is 4.20. The largest absolute Gasteiger partial charge is 0.378 e. The van der Waals surface area contributed by atoms with Gasteiger partial charge in [0.1, 0.15) is 0 Å². The molecule has 0 saturated heterocycles. The molecule has 0 spiro atoms. The summed E-state index contributed by atoms with van der Waals surface area (Å²) in [6.45, 7) is 8.11. The maximum atomic E-state index is 3.70. The molecule has 9 heavy (non-hydrogen) atoms. The van der Waals surface area contributed by atoms with Gasteiger partial charge in [-0.1, -0.05) is 20.4 Å². The number of hydrogen-bond acceptors (Lipinski definition) is 1. The van der Waals surface area contributed by atoms with Crippen molar-refractivity contribution in [1.82, 2.24) is 4.90 Å². The lowest BCUT2D eigenvalue weighted by Crippen LogP contribution is -2.24. The van der Waals surface area contributed by atoms with Gasteiger partial charge in [0.2, 0.25) is 0 Å². The van der Waals surface area contributed by atoms with Crippen LogP contribution in [0.25, 0.3) is 0 Å². The van der Waals surface area contributed by atoms with E-state index in [9.17, 15) is 0 Å². The molecule has 1 nitrogen and oxygen atoms in total. The van der Waals surface area contributed by atoms with E-state index in [1.165, 1.54) is 12.8 Å². The minimum atomic E-state index is 0.683. The lowest BCUT2D eigenvalue weighted by molar-refractivity contribution is 0.313. The van der Waals surface area contributed by atoms with Crippen LogP contribution in [0.1, 0.15) is 26.7 Å². The first-order valence-electron chi connectivity index (χ1n) is 3.60. The molecule has 0 N–H and O–H groups in total. The molecule has 54 valence electrons. The lowest BCUT2D eigenvalue weighted by atomic mass is 10.1. The van der Waals surface area contributed by atoms with Crippen LogP contribution in [0.4, 0.5) is 0 Å². The summed E-state index contributed by atoms with van der Waals surface area (Å²) in [4.78, 5) is 2.17. The van der Waals surface area contributed by atoms with E-state index in [1.54, 1.807) is 0 Å². The Morgan fingerprint density at radius 1 is 1.44 bits per heavy atom. The van der Waals surface area contributed by atoms with Crippen molar-refractivity contribution in [3.8, 4) is 0 Å². The van der Waals surface area contributed by atoms with Crippen LogP contribution in [0.3, 0.4) is 0 Å². The van der Waals surface area contributed by atoms with Crippen molar-refractivity contribution >= 4 is 0 Å². The zero-order valence-electron chi connectivity index (χ0n) is 6.72. The fourth-order valence-corrected chi connectivity index (χ4v) is 1.01. The summed E-state index contributed by atoms with van der Waals surface area (Å²) >= 11 is 0. The molecule has 0 aromatic rings. The van der Waals surface area contributed by atoms with Gasteiger partial charge in [0, 0.05) is 13.1 Å². The van der Waals surface area contributed by atoms with E-state index in [1.807, 2.05) is 6.20 Å². The molecule has 0 aliphatic rings. The highest BCUT2D eigenvalue weighted by Gasteiger charge is 2.03. The van der Waals surface area contributed by atoms with Crippen LogP contribution < -0.4 is 0 Å². The number of rotatable bonds is 4. The molecule has 1 heteroatoms. The van der Waals surface area contributed by atoms with Crippen molar-refractivity contribution < 1.29 is 0 Å². The topological polar surface area (TPSA) is 3.24 Å². The SMILES string of the molecule is C=CN(C)C(CC)CC. The molecule has 0 fully saturated rings. The van der Waals surface area contributed by atoms with E-state index < -0.39 is 0 Å². The van der Waals surface area contributed by atoms with Crippen molar-refractivity contribution in [2.24, 2.45) is 0 Å². The zero-order chi connectivity index (χ0) is 7.28. The molecule has 0 radical (unpaired) electrons. The van der Waals surface area contributed by atoms with E-state index >= 15 is 0 Å². The summed E-state index contributed by atoms with van der Waals surface area (Å²) in [5.41, 5.74) is 0. The van der Waals surface area contributed by atoms with Crippen LogP contribution in [-0.2, 0) is 0 Å². The quantitative estimate of drug-likeness (QED) is 0.560. The second-order valence-electron chi connectivity index (χ2n) is 2.32. The van der Waals surface area contributed by atoms with Gasteiger partial charge in [0.25, 0.3) is 0 Å². The Balaban J connectivity index is 3.63. The maximum absolute atomic E-state index is 3.70. The van der Waals surface area contributed by atoms with Crippen LogP contribution >= 0.6 is 0 Å². The van der Waals surface area contributed by atoms with Crippen molar-refractivity contribution in [3.05, 3.63) is 12.8 Å². The van der Waals surface area contributed by atoms with Gasteiger partial charge in [-0.05, 0) is 19.0 Å². The zero-order valence-corrected chi connectivity index (χ0v) is 6.72. The minimum Gasteiger partial charge on any atom is -0.378 e. The first kappa shape index (κ1) is 8.54. The second kappa shape index (κ2) is 4.42.